The van der Waals surface area contributed by atoms with E-state index in [4.69, 9.17) is 11.6 Å². The van der Waals surface area contributed by atoms with Crippen LogP contribution < -0.4 is 10.6 Å². The molecule has 2 aromatic carbocycles. The molecule has 0 spiro atoms. The Kier molecular flexibility index (Phi) is 4.74. The molecule has 0 bridgehead atoms. The summed E-state index contributed by atoms with van der Waals surface area (Å²) in [6.45, 7) is 0.209. The second-order valence-corrected chi connectivity index (χ2v) is 4.50. The number of carbonyl (C=O) groups excluding carboxylic acids is 2. The van der Waals surface area contributed by atoms with E-state index in [1.807, 2.05) is 12.1 Å². The van der Waals surface area contributed by atoms with Crippen LogP contribution in [0, 0.1) is 0 Å². The fraction of sp³-hybridized carbons (Fsp3) is 0.0667. The molecule has 4 nitrogen and oxygen atoms in total. The van der Waals surface area contributed by atoms with Crippen molar-refractivity contribution >= 4 is 29.1 Å². The molecule has 2 amide bonds. The summed E-state index contributed by atoms with van der Waals surface area (Å²) in [6, 6.07) is 15.9. The Balaban J connectivity index is 1.89. The van der Waals surface area contributed by atoms with Gasteiger partial charge in [-0.2, -0.15) is 0 Å². The minimum Gasteiger partial charge on any atom is -0.344 e. The monoisotopic (exact) mass is 288 g/mol. The van der Waals surface area contributed by atoms with E-state index in [1.54, 1.807) is 42.5 Å². The van der Waals surface area contributed by atoms with Crippen molar-refractivity contribution < 1.29 is 9.59 Å². The van der Waals surface area contributed by atoms with Crippen LogP contribution in [0.15, 0.2) is 54.6 Å². The van der Waals surface area contributed by atoms with E-state index in [0.717, 1.165) is 5.56 Å². The van der Waals surface area contributed by atoms with Gasteiger partial charge >= 0.3 is 11.8 Å². The van der Waals surface area contributed by atoms with Gasteiger partial charge in [-0.25, -0.2) is 0 Å². The number of rotatable bonds is 3. The number of hydrogen-bond donors (Lipinski definition) is 2. The van der Waals surface area contributed by atoms with E-state index in [0.29, 0.717) is 10.7 Å². The molecule has 0 atom stereocenters. The fourth-order valence-electron chi connectivity index (χ4n) is 1.61. The number of benzene rings is 2. The largest absolute Gasteiger partial charge is 0.344 e. The number of nitrogens with one attached hydrogen (secondary N) is 2. The second-order valence-electron chi connectivity index (χ2n) is 4.09. The van der Waals surface area contributed by atoms with E-state index in [9.17, 15) is 9.59 Å². The second kappa shape index (κ2) is 6.73. The van der Waals surface area contributed by atoms with Crippen LogP contribution in [0.4, 0.5) is 5.69 Å². The van der Waals surface area contributed by atoms with Crippen LogP contribution in [0.1, 0.15) is 5.56 Å². The van der Waals surface area contributed by atoms with Gasteiger partial charge in [-0.15, -0.1) is 0 Å². The summed E-state index contributed by atoms with van der Waals surface area (Å²) in [7, 11) is 0. The van der Waals surface area contributed by atoms with E-state index < -0.39 is 11.8 Å². The molecule has 102 valence electrons. The lowest BCUT2D eigenvalue weighted by atomic mass is 10.2. The van der Waals surface area contributed by atoms with Crippen molar-refractivity contribution in [3.63, 3.8) is 0 Å². The number of carbonyl (C=O) groups is 2. The van der Waals surface area contributed by atoms with Gasteiger partial charge < -0.3 is 10.6 Å². The zero-order chi connectivity index (χ0) is 14.4. The lowest BCUT2D eigenvalue weighted by molar-refractivity contribution is -0.136. The van der Waals surface area contributed by atoms with Gasteiger partial charge in [0.15, 0.2) is 0 Å². The number of hydrogen-bond acceptors (Lipinski definition) is 2. The molecule has 20 heavy (non-hydrogen) atoms. The summed E-state index contributed by atoms with van der Waals surface area (Å²) in [5.41, 5.74) is 1.33. The molecule has 0 fully saturated rings. The topological polar surface area (TPSA) is 58.2 Å². The molecule has 2 N–H and O–H groups in total. The van der Waals surface area contributed by atoms with Gasteiger partial charge in [-0.1, -0.05) is 48.0 Å². The first kappa shape index (κ1) is 14.1. The van der Waals surface area contributed by atoms with E-state index in [-0.39, 0.29) is 6.54 Å². The number of anilines is 1. The Labute approximate surface area is 121 Å². The van der Waals surface area contributed by atoms with Crippen molar-refractivity contribution in [2.24, 2.45) is 0 Å². The van der Waals surface area contributed by atoms with E-state index in [2.05, 4.69) is 10.6 Å². The van der Waals surface area contributed by atoms with Crippen molar-refractivity contribution in [2.75, 3.05) is 5.32 Å². The highest BCUT2D eigenvalue weighted by Gasteiger charge is 2.13. The van der Waals surface area contributed by atoms with Crippen LogP contribution in [0.3, 0.4) is 0 Å². The maximum absolute atomic E-state index is 11.7. The third-order valence-corrected chi connectivity index (χ3v) is 3.00. The molecule has 0 aliphatic rings. The number of para-hydroxylation sites is 1. The minimum atomic E-state index is -0.705. The first-order valence-corrected chi connectivity index (χ1v) is 6.42. The Morgan fingerprint density at radius 2 is 1.55 bits per heavy atom. The molecule has 0 unspecified atom stereocenters. The van der Waals surface area contributed by atoms with Crippen molar-refractivity contribution in [2.45, 2.75) is 6.54 Å². The number of amides is 2. The molecule has 0 saturated carbocycles. The molecule has 0 aliphatic heterocycles. The molecule has 5 heteroatoms. The molecule has 0 aliphatic carbocycles. The third kappa shape index (κ3) is 3.83. The average Bonchev–Trinajstić information content (AvgIpc) is 2.47. The van der Waals surface area contributed by atoms with Crippen LogP contribution in [-0.2, 0) is 16.1 Å². The van der Waals surface area contributed by atoms with E-state index in [1.165, 1.54) is 0 Å². The van der Waals surface area contributed by atoms with Crippen molar-refractivity contribution in [1.82, 2.24) is 5.32 Å². The van der Waals surface area contributed by atoms with Crippen molar-refractivity contribution in [1.29, 1.82) is 0 Å². The van der Waals surface area contributed by atoms with Crippen LogP contribution in [-0.4, -0.2) is 11.8 Å². The van der Waals surface area contributed by atoms with Crippen LogP contribution in [0.5, 0.6) is 0 Å². The summed E-state index contributed by atoms with van der Waals surface area (Å²) < 4.78 is 0. The lowest BCUT2D eigenvalue weighted by Gasteiger charge is -2.07. The predicted octanol–water partition coefficient (Wildman–Crippen LogP) is 2.59. The van der Waals surface area contributed by atoms with Crippen LogP contribution in [0.2, 0.25) is 5.02 Å². The van der Waals surface area contributed by atoms with Crippen molar-refractivity contribution in [3.05, 3.63) is 65.2 Å². The normalized spacial score (nSPS) is 9.85. The Morgan fingerprint density at radius 1 is 0.900 bits per heavy atom. The molecule has 2 aromatic rings. The first-order valence-electron chi connectivity index (χ1n) is 6.04. The zero-order valence-corrected chi connectivity index (χ0v) is 11.4. The summed E-state index contributed by atoms with van der Waals surface area (Å²) in [6.07, 6.45) is 0. The highest BCUT2D eigenvalue weighted by atomic mass is 35.5. The van der Waals surface area contributed by atoms with Gasteiger partial charge in [0.05, 0.1) is 0 Å². The Hall–Kier alpha value is -2.33. The molecule has 2 rings (SSSR count). The highest BCUT2D eigenvalue weighted by molar-refractivity contribution is 6.39. The van der Waals surface area contributed by atoms with Gasteiger partial charge in [-0.3, -0.25) is 9.59 Å². The van der Waals surface area contributed by atoms with Gasteiger partial charge in [0, 0.05) is 17.3 Å². The summed E-state index contributed by atoms with van der Waals surface area (Å²) in [5, 5.41) is 5.59. The molecular weight excluding hydrogens is 276 g/mol. The Morgan fingerprint density at radius 3 is 2.25 bits per heavy atom. The molecule has 0 heterocycles. The van der Waals surface area contributed by atoms with Gasteiger partial charge in [0.1, 0.15) is 0 Å². The lowest BCUT2D eigenvalue weighted by Crippen LogP contribution is -2.35. The number of halogens is 1. The summed E-state index contributed by atoms with van der Waals surface area (Å²) in [5.74, 6) is -1.41. The zero-order valence-electron chi connectivity index (χ0n) is 10.6. The molecular formula is C15H13ClN2O2. The fourth-order valence-corrected chi connectivity index (χ4v) is 1.81. The maximum Gasteiger partial charge on any atom is 0.313 e. The third-order valence-electron chi connectivity index (χ3n) is 2.64. The van der Waals surface area contributed by atoms with Gasteiger partial charge in [0.2, 0.25) is 0 Å². The first-order chi connectivity index (χ1) is 9.66. The minimum absolute atomic E-state index is 0.209. The highest BCUT2D eigenvalue weighted by Crippen LogP contribution is 2.14. The van der Waals surface area contributed by atoms with Crippen molar-refractivity contribution in [3.8, 4) is 0 Å². The van der Waals surface area contributed by atoms with Crippen LogP contribution in [0.25, 0.3) is 0 Å². The quantitative estimate of drug-likeness (QED) is 0.853. The SMILES string of the molecule is O=C(NCc1ccccc1Cl)C(=O)Nc1ccccc1. The summed E-state index contributed by atoms with van der Waals surface area (Å²) >= 11 is 5.97. The molecule has 0 aromatic heterocycles. The summed E-state index contributed by atoms with van der Waals surface area (Å²) in [4.78, 5) is 23.3. The Bertz CT molecular complexity index is 614. The maximum atomic E-state index is 11.7. The predicted molar refractivity (Wildman–Crippen MR) is 78.4 cm³/mol. The smallest absolute Gasteiger partial charge is 0.313 e. The van der Waals surface area contributed by atoms with E-state index >= 15 is 0 Å². The standard InChI is InChI=1S/C15H13ClN2O2/c16-13-9-5-4-6-11(13)10-17-14(19)15(20)18-12-7-2-1-3-8-12/h1-9H,10H2,(H,17,19)(H,18,20). The molecule has 0 saturated heterocycles. The van der Waals surface area contributed by atoms with Crippen LogP contribution >= 0.6 is 11.6 Å². The average molecular weight is 289 g/mol. The molecule has 0 radical (unpaired) electrons. The van der Waals surface area contributed by atoms with Gasteiger partial charge in [-0.05, 0) is 23.8 Å². The van der Waals surface area contributed by atoms with Gasteiger partial charge in [0.25, 0.3) is 0 Å².